The fraction of sp³-hybridized carbons (Fsp3) is 0.500. The van der Waals surface area contributed by atoms with Crippen LogP contribution in [-0.2, 0) is 13.1 Å². The maximum atomic E-state index is 5.46. The summed E-state index contributed by atoms with van der Waals surface area (Å²) in [6.45, 7) is 3.46. The molecule has 2 N–H and O–H groups in total. The van der Waals surface area contributed by atoms with Crippen LogP contribution >= 0.6 is 28.3 Å². The molecule has 64 valence electrons. The maximum absolute atomic E-state index is 5.46. The fourth-order valence-corrected chi connectivity index (χ4v) is 1.31. The van der Waals surface area contributed by atoms with E-state index in [0.717, 1.165) is 16.8 Å². The molecule has 0 fully saturated rings. The predicted molar refractivity (Wildman–Crippen MR) is 50.7 cm³/mol. The van der Waals surface area contributed by atoms with Crippen LogP contribution in [-0.4, -0.2) is 9.78 Å². The van der Waals surface area contributed by atoms with E-state index in [9.17, 15) is 0 Å². The van der Waals surface area contributed by atoms with Gasteiger partial charge in [0, 0.05) is 13.1 Å². The number of hydrogen-bond acceptors (Lipinski definition) is 2. The highest BCUT2D eigenvalue weighted by Gasteiger charge is 2.00. The minimum atomic E-state index is 0. The van der Waals surface area contributed by atoms with E-state index in [1.54, 1.807) is 0 Å². The minimum Gasteiger partial charge on any atom is -0.325 e. The molecule has 3 nitrogen and oxygen atoms in total. The minimum absolute atomic E-state index is 0. The molecule has 0 amide bonds. The second kappa shape index (κ2) is 4.74. The third kappa shape index (κ3) is 2.47. The fourth-order valence-electron chi connectivity index (χ4n) is 0.859. The average molecular weight is 241 g/mol. The molecule has 0 spiro atoms. The summed E-state index contributed by atoms with van der Waals surface area (Å²) >= 11 is 3.28. The van der Waals surface area contributed by atoms with E-state index in [4.69, 9.17) is 5.73 Å². The summed E-state index contributed by atoms with van der Waals surface area (Å²) in [5.41, 5.74) is 6.52. The van der Waals surface area contributed by atoms with E-state index in [1.165, 1.54) is 0 Å². The molecule has 5 heteroatoms. The highest BCUT2D eigenvalue weighted by atomic mass is 79.9. The quantitative estimate of drug-likeness (QED) is 0.852. The molecule has 11 heavy (non-hydrogen) atoms. The Morgan fingerprint density at radius 2 is 2.36 bits per heavy atom. The lowest BCUT2D eigenvalue weighted by Crippen LogP contribution is -2.06. The standard InChI is InChI=1S/C6H10BrN3.ClH/c1-2-10-5(4-8)3-6(7)9-10;/h3H,2,4,8H2,1H3;1H. The van der Waals surface area contributed by atoms with Crippen molar-refractivity contribution in [1.82, 2.24) is 9.78 Å². The summed E-state index contributed by atoms with van der Waals surface area (Å²) in [6.07, 6.45) is 0. The van der Waals surface area contributed by atoms with Crippen LogP contribution in [0.2, 0.25) is 0 Å². The van der Waals surface area contributed by atoms with Crippen molar-refractivity contribution < 1.29 is 0 Å². The third-order valence-electron chi connectivity index (χ3n) is 1.34. The zero-order chi connectivity index (χ0) is 7.56. The van der Waals surface area contributed by atoms with E-state index >= 15 is 0 Å². The van der Waals surface area contributed by atoms with Gasteiger partial charge in [-0.3, -0.25) is 4.68 Å². The van der Waals surface area contributed by atoms with Gasteiger partial charge < -0.3 is 5.73 Å². The molecule has 1 aromatic heterocycles. The van der Waals surface area contributed by atoms with Gasteiger partial charge in [-0.25, -0.2) is 0 Å². The number of aryl methyl sites for hydroxylation is 1. The van der Waals surface area contributed by atoms with E-state index in [0.29, 0.717) is 6.54 Å². The number of halogens is 2. The molecular weight excluding hydrogens is 229 g/mol. The predicted octanol–water partition coefficient (Wildman–Crippen LogP) is 1.55. The molecule has 0 radical (unpaired) electrons. The number of nitrogens with zero attached hydrogens (tertiary/aromatic N) is 2. The molecule has 0 aliphatic rings. The number of hydrogen-bond donors (Lipinski definition) is 1. The lowest BCUT2D eigenvalue weighted by molar-refractivity contribution is 0.619. The first kappa shape index (κ1) is 10.9. The molecule has 0 atom stereocenters. The van der Waals surface area contributed by atoms with E-state index < -0.39 is 0 Å². The SMILES string of the molecule is CCn1nc(Br)cc1CN.Cl. The third-order valence-corrected chi connectivity index (χ3v) is 1.73. The Morgan fingerprint density at radius 1 is 1.73 bits per heavy atom. The van der Waals surface area contributed by atoms with Crippen LogP contribution in [0.5, 0.6) is 0 Å². The van der Waals surface area contributed by atoms with Crippen molar-refractivity contribution in [3.63, 3.8) is 0 Å². The number of rotatable bonds is 2. The first-order chi connectivity index (χ1) is 4.77. The zero-order valence-electron chi connectivity index (χ0n) is 6.25. The van der Waals surface area contributed by atoms with E-state index in [-0.39, 0.29) is 12.4 Å². The van der Waals surface area contributed by atoms with Gasteiger partial charge in [0.05, 0.1) is 5.69 Å². The van der Waals surface area contributed by atoms with Crippen LogP contribution in [0.25, 0.3) is 0 Å². The van der Waals surface area contributed by atoms with Gasteiger partial charge in [0.2, 0.25) is 0 Å². The Bertz CT molecular complexity index is 202. The normalized spacial score (nSPS) is 9.36. The molecule has 0 aromatic carbocycles. The lowest BCUT2D eigenvalue weighted by Gasteiger charge is -1.98. The summed E-state index contributed by atoms with van der Waals surface area (Å²) in [5.74, 6) is 0. The van der Waals surface area contributed by atoms with Crippen LogP contribution in [0.1, 0.15) is 12.6 Å². The largest absolute Gasteiger partial charge is 0.325 e. The van der Waals surface area contributed by atoms with Crippen LogP contribution < -0.4 is 5.73 Å². The second-order valence-electron chi connectivity index (χ2n) is 1.98. The van der Waals surface area contributed by atoms with Gasteiger partial charge in [-0.15, -0.1) is 12.4 Å². The van der Waals surface area contributed by atoms with Crippen molar-refractivity contribution in [2.24, 2.45) is 5.73 Å². The first-order valence-electron chi connectivity index (χ1n) is 3.20. The summed E-state index contributed by atoms with van der Waals surface area (Å²) in [5, 5.41) is 4.15. The van der Waals surface area contributed by atoms with Crippen molar-refractivity contribution in [1.29, 1.82) is 0 Å². The van der Waals surface area contributed by atoms with Crippen molar-refractivity contribution >= 4 is 28.3 Å². The smallest absolute Gasteiger partial charge is 0.128 e. The van der Waals surface area contributed by atoms with Gasteiger partial charge in [-0.1, -0.05) is 0 Å². The number of nitrogens with two attached hydrogens (primary N) is 1. The van der Waals surface area contributed by atoms with Crippen LogP contribution in [0.4, 0.5) is 0 Å². The summed E-state index contributed by atoms with van der Waals surface area (Å²) in [7, 11) is 0. The van der Waals surface area contributed by atoms with Crippen molar-refractivity contribution in [2.75, 3.05) is 0 Å². The zero-order valence-corrected chi connectivity index (χ0v) is 8.65. The Morgan fingerprint density at radius 3 is 2.73 bits per heavy atom. The lowest BCUT2D eigenvalue weighted by atomic mass is 10.4. The van der Waals surface area contributed by atoms with Crippen molar-refractivity contribution in [3.8, 4) is 0 Å². The maximum Gasteiger partial charge on any atom is 0.128 e. The van der Waals surface area contributed by atoms with Crippen LogP contribution in [0.3, 0.4) is 0 Å². The van der Waals surface area contributed by atoms with E-state index in [2.05, 4.69) is 21.0 Å². The van der Waals surface area contributed by atoms with Crippen molar-refractivity contribution in [3.05, 3.63) is 16.4 Å². The monoisotopic (exact) mass is 239 g/mol. The van der Waals surface area contributed by atoms with Gasteiger partial charge >= 0.3 is 0 Å². The molecule has 0 saturated carbocycles. The Kier molecular flexibility index (Phi) is 4.72. The summed E-state index contributed by atoms with van der Waals surface area (Å²) in [6, 6.07) is 1.93. The van der Waals surface area contributed by atoms with Gasteiger partial charge in [0.25, 0.3) is 0 Å². The second-order valence-corrected chi connectivity index (χ2v) is 2.79. The molecule has 1 rings (SSSR count). The molecule has 0 bridgehead atoms. The van der Waals surface area contributed by atoms with Gasteiger partial charge in [-0.2, -0.15) is 5.10 Å². The van der Waals surface area contributed by atoms with E-state index in [1.807, 2.05) is 17.7 Å². The Labute approximate surface area is 80.5 Å². The summed E-state index contributed by atoms with van der Waals surface area (Å²) < 4.78 is 2.74. The van der Waals surface area contributed by atoms with Gasteiger partial charge in [-0.05, 0) is 28.9 Å². The van der Waals surface area contributed by atoms with Gasteiger partial charge in [0.15, 0.2) is 0 Å². The molecule has 0 unspecified atom stereocenters. The van der Waals surface area contributed by atoms with Crippen LogP contribution in [0.15, 0.2) is 10.7 Å². The molecule has 1 aromatic rings. The summed E-state index contributed by atoms with van der Waals surface area (Å²) in [4.78, 5) is 0. The first-order valence-corrected chi connectivity index (χ1v) is 3.99. The Balaban J connectivity index is 0.000001000. The number of aromatic nitrogens is 2. The Hall–Kier alpha value is -0.0600. The van der Waals surface area contributed by atoms with Crippen molar-refractivity contribution in [2.45, 2.75) is 20.0 Å². The molecular formula is C6H11BrClN3. The molecule has 0 aliphatic carbocycles. The highest BCUT2D eigenvalue weighted by molar-refractivity contribution is 9.10. The molecule has 0 saturated heterocycles. The van der Waals surface area contributed by atoms with Crippen LogP contribution in [0, 0.1) is 0 Å². The highest BCUT2D eigenvalue weighted by Crippen LogP contribution is 2.09. The average Bonchev–Trinajstić information content (AvgIpc) is 2.30. The topological polar surface area (TPSA) is 43.8 Å². The molecule has 0 aliphatic heterocycles. The molecule has 1 heterocycles. The van der Waals surface area contributed by atoms with Gasteiger partial charge in [0.1, 0.15) is 4.60 Å².